The molecule has 0 radical (unpaired) electrons. The lowest BCUT2D eigenvalue weighted by atomic mass is 10.0. The first-order valence-corrected chi connectivity index (χ1v) is 16.7. The van der Waals surface area contributed by atoms with E-state index in [0.29, 0.717) is 10.7 Å². The molecular weight excluding hydrogens is 625 g/mol. The Bertz CT molecular complexity index is 1760. The molecule has 0 bridgehead atoms. The second-order valence-corrected chi connectivity index (χ2v) is 13.0. The average molecular weight is 653 g/mol. The third-order valence-corrected chi connectivity index (χ3v) is 10.2. The Balaban J connectivity index is 1.30. The van der Waals surface area contributed by atoms with Gasteiger partial charge in [0.05, 0.1) is 6.42 Å². The van der Waals surface area contributed by atoms with Crippen LogP contribution < -0.4 is 5.32 Å². The molecule has 6 rings (SSSR count). The van der Waals surface area contributed by atoms with Gasteiger partial charge in [-0.25, -0.2) is 9.48 Å². The van der Waals surface area contributed by atoms with Crippen LogP contribution in [0.4, 0.5) is 0 Å². The molecule has 1 aromatic heterocycles. The van der Waals surface area contributed by atoms with E-state index in [1.807, 2.05) is 91.0 Å². The Morgan fingerprint density at radius 3 is 2.30 bits per heavy atom. The van der Waals surface area contributed by atoms with E-state index in [-0.39, 0.29) is 36.1 Å². The molecule has 2 unspecified atom stereocenters. The van der Waals surface area contributed by atoms with Gasteiger partial charge in [0.1, 0.15) is 18.0 Å². The zero-order chi connectivity index (χ0) is 32.0. The molecule has 0 aliphatic carbocycles. The number of nitrogens with zero attached hydrogens (tertiary/aromatic N) is 5. The van der Waals surface area contributed by atoms with Crippen molar-refractivity contribution in [1.82, 2.24) is 30.4 Å². The van der Waals surface area contributed by atoms with Crippen LogP contribution in [0.1, 0.15) is 22.8 Å². The van der Waals surface area contributed by atoms with E-state index in [1.54, 1.807) is 0 Å². The predicted octanol–water partition coefficient (Wildman–Crippen LogP) is 2.64. The van der Waals surface area contributed by atoms with Crippen LogP contribution in [0, 0.1) is 12.3 Å². The maximum Gasteiger partial charge on any atom is 0.356 e. The lowest BCUT2D eigenvalue weighted by molar-refractivity contribution is -0.155. The van der Waals surface area contributed by atoms with Crippen molar-refractivity contribution in [1.29, 1.82) is 0 Å². The van der Waals surface area contributed by atoms with E-state index in [0.717, 1.165) is 16.7 Å². The standard InChI is InChI=1S/C33H28N6O5S2/c1-2-18-38-33(35-36-37-38)45-20-25-21-46(43)31-27(34-26(40)19-22-12-6-3-7-13-22)30(41)39(31)28(25)32(42)44-29(23-14-8-4-9-15-23)24-16-10-5-11-17-24/h1,3-17,27,29,31H,18-21H2,(H,34,40)/t27?,31-,46?/m0/s1. The number of terminal acetylenes is 1. The number of carbonyl (C=O) groups excluding carboxylic acids is 3. The second-order valence-electron chi connectivity index (χ2n) is 10.5. The van der Waals surface area contributed by atoms with Crippen LogP contribution in [0.25, 0.3) is 0 Å². The summed E-state index contributed by atoms with van der Waals surface area (Å²) >= 11 is -0.430. The Kier molecular flexibility index (Phi) is 9.49. The number of rotatable bonds is 11. The van der Waals surface area contributed by atoms with Crippen LogP contribution in [-0.2, 0) is 43.3 Å². The molecule has 4 aromatic rings. The summed E-state index contributed by atoms with van der Waals surface area (Å²) in [5, 5.41) is 13.8. The smallest absolute Gasteiger partial charge is 0.356 e. The Morgan fingerprint density at radius 2 is 1.67 bits per heavy atom. The van der Waals surface area contributed by atoms with Gasteiger partial charge in [-0.3, -0.25) is 14.5 Å². The minimum atomic E-state index is -1.63. The fourth-order valence-electron chi connectivity index (χ4n) is 5.34. The number of carbonyl (C=O) groups is 3. The number of thioether (sulfide) groups is 1. The first-order valence-electron chi connectivity index (χ1n) is 14.3. The third kappa shape index (κ3) is 6.55. The number of nitrogens with one attached hydrogen (secondary N) is 1. The van der Waals surface area contributed by atoms with Gasteiger partial charge < -0.3 is 14.6 Å². The second kappa shape index (κ2) is 14.0. The van der Waals surface area contributed by atoms with Gasteiger partial charge >= 0.3 is 5.97 Å². The van der Waals surface area contributed by atoms with Crippen molar-refractivity contribution < 1.29 is 23.7 Å². The van der Waals surface area contributed by atoms with Gasteiger partial charge in [0, 0.05) is 11.3 Å². The van der Waals surface area contributed by atoms with Crippen molar-refractivity contribution >= 4 is 40.7 Å². The van der Waals surface area contributed by atoms with Crippen LogP contribution in [0.5, 0.6) is 0 Å². The first-order chi connectivity index (χ1) is 22.4. The van der Waals surface area contributed by atoms with Crippen LogP contribution >= 0.6 is 11.8 Å². The van der Waals surface area contributed by atoms with Crippen molar-refractivity contribution in [3.63, 3.8) is 0 Å². The molecule has 1 saturated heterocycles. The number of fused-ring (bicyclic) bond motifs is 1. The van der Waals surface area contributed by atoms with Gasteiger partial charge in [-0.1, -0.05) is 109 Å². The summed E-state index contributed by atoms with van der Waals surface area (Å²) in [4.78, 5) is 41.9. The minimum Gasteiger partial charge on any atom is -0.614 e. The Hall–Kier alpha value is -4.90. The molecule has 3 atom stereocenters. The first kappa shape index (κ1) is 31.1. The highest BCUT2D eigenvalue weighted by atomic mass is 32.2. The van der Waals surface area contributed by atoms with Gasteiger partial charge in [-0.15, -0.1) is 11.5 Å². The quantitative estimate of drug-likeness (QED) is 0.0851. The molecule has 0 saturated carbocycles. The summed E-state index contributed by atoms with van der Waals surface area (Å²) in [6.45, 7) is 0.141. The zero-order valence-corrected chi connectivity index (χ0v) is 26.0. The molecule has 3 heterocycles. The van der Waals surface area contributed by atoms with Crippen molar-refractivity contribution in [3.05, 3.63) is 119 Å². The lowest BCUT2D eigenvalue weighted by Crippen LogP contribution is -2.75. The Morgan fingerprint density at radius 1 is 1.04 bits per heavy atom. The molecule has 2 aliphatic heterocycles. The van der Waals surface area contributed by atoms with E-state index in [1.165, 1.54) is 21.3 Å². The number of benzene rings is 3. The largest absolute Gasteiger partial charge is 0.614 e. The summed E-state index contributed by atoms with van der Waals surface area (Å²) in [6, 6.07) is 26.6. The number of amides is 2. The van der Waals surface area contributed by atoms with Crippen LogP contribution in [-0.4, -0.2) is 70.4 Å². The molecule has 13 heteroatoms. The molecule has 0 spiro atoms. The molecular formula is C33H28N6O5S2. The molecule has 2 amide bonds. The lowest BCUT2D eigenvalue weighted by Gasteiger charge is -2.49. The van der Waals surface area contributed by atoms with Crippen LogP contribution in [0.3, 0.4) is 0 Å². The maximum atomic E-state index is 14.2. The van der Waals surface area contributed by atoms with Gasteiger partial charge in [0.25, 0.3) is 5.91 Å². The van der Waals surface area contributed by atoms with Gasteiger partial charge in [0.2, 0.25) is 16.4 Å². The predicted molar refractivity (Wildman–Crippen MR) is 171 cm³/mol. The molecule has 11 nitrogen and oxygen atoms in total. The average Bonchev–Trinajstić information content (AvgIpc) is 3.53. The molecule has 232 valence electrons. The minimum absolute atomic E-state index is 0.00324. The highest BCUT2D eigenvalue weighted by Gasteiger charge is 2.61. The number of esters is 1. The summed E-state index contributed by atoms with van der Waals surface area (Å²) in [7, 11) is 0. The van der Waals surface area contributed by atoms with Crippen molar-refractivity contribution in [2.75, 3.05) is 11.5 Å². The molecule has 1 fully saturated rings. The van der Waals surface area contributed by atoms with Gasteiger partial charge in [-0.05, 0) is 38.3 Å². The number of aromatic nitrogens is 4. The van der Waals surface area contributed by atoms with E-state index in [9.17, 15) is 18.9 Å². The highest BCUT2D eigenvalue weighted by molar-refractivity contribution is 7.99. The third-order valence-electron chi connectivity index (χ3n) is 7.47. The SMILES string of the molecule is C#CCn1nnnc1SCC1=C(C(=O)OC(c2ccccc2)c2ccccc2)N2C(=O)C(NC(=O)Cc3ccccc3)[C@@H]2[S+]([O-])C1. The summed E-state index contributed by atoms with van der Waals surface area (Å²) in [6.07, 6.45) is 4.72. The van der Waals surface area contributed by atoms with Crippen molar-refractivity contribution in [2.45, 2.75) is 35.6 Å². The fraction of sp³-hybridized carbons (Fsp3) is 0.212. The number of ether oxygens (including phenoxy) is 1. The fourth-order valence-corrected chi connectivity index (χ4v) is 8.04. The number of hydrogen-bond donors (Lipinski definition) is 1. The van der Waals surface area contributed by atoms with E-state index >= 15 is 0 Å². The highest BCUT2D eigenvalue weighted by Crippen LogP contribution is 2.40. The molecule has 2 aliphatic rings. The number of tetrazole rings is 1. The normalized spacial score (nSPS) is 18.8. The zero-order valence-electron chi connectivity index (χ0n) is 24.4. The Labute approximate surface area is 272 Å². The maximum absolute atomic E-state index is 14.2. The van der Waals surface area contributed by atoms with Gasteiger partial charge in [-0.2, -0.15) is 0 Å². The van der Waals surface area contributed by atoms with Crippen molar-refractivity contribution in [3.8, 4) is 12.3 Å². The summed E-state index contributed by atoms with van der Waals surface area (Å²) < 4.78 is 21.2. The van der Waals surface area contributed by atoms with Crippen LogP contribution in [0.15, 0.2) is 107 Å². The monoisotopic (exact) mass is 652 g/mol. The van der Waals surface area contributed by atoms with E-state index in [2.05, 4.69) is 26.8 Å². The number of hydrogen-bond acceptors (Lipinski definition) is 9. The van der Waals surface area contributed by atoms with Crippen molar-refractivity contribution in [2.24, 2.45) is 0 Å². The molecule has 46 heavy (non-hydrogen) atoms. The van der Waals surface area contributed by atoms with E-state index in [4.69, 9.17) is 11.2 Å². The topological polar surface area (TPSA) is 142 Å². The molecule has 1 N–H and O–H groups in total. The van der Waals surface area contributed by atoms with E-state index < -0.39 is 40.6 Å². The van der Waals surface area contributed by atoms with Gasteiger partial charge in [0.15, 0.2) is 12.1 Å². The van der Waals surface area contributed by atoms with Crippen LogP contribution in [0.2, 0.25) is 0 Å². The number of β-lactam (4-membered cyclic amide) rings is 1. The summed E-state index contributed by atoms with van der Waals surface area (Å²) in [5.41, 5.74) is 2.69. The molecule has 3 aromatic carbocycles. The summed E-state index contributed by atoms with van der Waals surface area (Å²) in [5.74, 6) is 0.933.